The van der Waals surface area contributed by atoms with E-state index in [1.54, 1.807) is 12.1 Å². The van der Waals surface area contributed by atoms with Gasteiger partial charge in [-0.2, -0.15) is 0 Å². The van der Waals surface area contributed by atoms with Crippen LogP contribution in [0, 0.1) is 11.8 Å². The summed E-state index contributed by atoms with van der Waals surface area (Å²) in [5.74, 6) is -1.24. The molecule has 3 N–H and O–H groups in total. The lowest BCUT2D eigenvalue weighted by Gasteiger charge is -2.14. The number of aromatic nitrogens is 1. The van der Waals surface area contributed by atoms with Gasteiger partial charge in [0.25, 0.3) is 0 Å². The van der Waals surface area contributed by atoms with Gasteiger partial charge in [0.05, 0.1) is 24.0 Å². The lowest BCUT2D eigenvalue weighted by molar-refractivity contribution is -0.136. The molecule has 2 aromatic carbocycles. The Morgan fingerprint density at radius 3 is 2.29 bits per heavy atom. The lowest BCUT2D eigenvalue weighted by Crippen LogP contribution is -2.29. The molecule has 0 aliphatic heterocycles. The van der Waals surface area contributed by atoms with Crippen molar-refractivity contribution in [1.29, 1.82) is 0 Å². The summed E-state index contributed by atoms with van der Waals surface area (Å²) in [6.45, 7) is 0.615. The Kier molecular flexibility index (Phi) is 6.18. The Balaban J connectivity index is 1.08. The average molecular weight is 472 g/mol. The third kappa shape index (κ3) is 5.01. The second kappa shape index (κ2) is 9.58. The fraction of sp³-hybridized carbons (Fsp3) is 0.259. The normalized spacial score (nSPS) is 17.7. The van der Waals surface area contributed by atoms with Crippen molar-refractivity contribution in [2.24, 2.45) is 11.8 Å². The highest BCUT2D eigenvalue weighted by molar-refractivity contribution is 5.94. The van der Waals surface area contributed by atoms with Gasteiger partial charge >= 0.3 is 12.1 Å². The molecule has 8 heteroatoms. The number of nitrogens with one attached hydrogen (secondary N) is 2. The molecule has 2 atom stereocenters. The van der Waals surface area contributed by atoms with E-state index < -0.39 is 12.1 Å². The number of amides is 2. The summed E-state index contributed by atoms with van der Waals surface area (Å²) in [6.07, 6.45) is 1.47. The van der Waals surface area contributed by atoms with Crippen LogP contribution < -0.4 is 10.6 Å². The van der Waals surface area contributed by atoms with E-state index >= 15 is 0 Å². The van der Waals surface area contributed by atoms with Gasteiger partial charge < -0.3 is 20.5 Å². The van der Waals surface area contributed by atoms with E-state index in [1.165, 1.54) is 17.3 Å². The first-order chi connectivity index (χ1) is 17.0. The van der Waals surface area contributed by atoms with Crippen LogP contribution in [0.4, 0.5) is 10.5 Å². The highest BCUT2D eigenvalue weighted by atomic mass is 16.5. The van der Waals surface area contributed by atoms with E-state index in [4.69, 9.17) is 9.84 Å². The van der Waals surface area contributed by atoms with Gasteiger partial charge in [-0.1, -0.05) is 48.5 Å². The summed E-state index contributed by atoms with van der Waals surface area (Å²) in [4.78, 5) is 39.6. The number of hydrogen-bond donors (Lipinski definition) is 3. The minimum atomic E-state index is -0.959. The molecule has 0 radical (unpaired) electrons. The van der Waals surface area contributed by atoms with Crippen LogP contribution in [0.15, 0.2) is 66.9 Å². The molecule has 35 heavy (non-hydrogen) atoms. The van der Waals surface area contributed by atoms with Crippen molar-refractivity contribution in [3.63, 3.8) is 0 Å². The molecular formula is C27H25N3O5. The monoisotopic (exact) mass is 471 g/mol. The number of carboxylic acids is 1. The first-order valence-electron chi connectivity index (χ1n) is 11.6. The summed E-state index contributed by atoms with van der Waals surface area (Å²) in [5, 5.41) is 14.4. The molecule has 1 heterocycles. The maximum absolute atomic E-state index is 12.4. The zero-order chi connectivity index (χ0) is 24.4. The summed E-state index contributed by atoms with van der Waals surface area (Å²) in [5.41, 5.74) is 5.61. The van der Waals surface area contributed by atoms with Crippen molar-refractivity contribution >= 4 is 23.7 Å². The van der Waals surface area contributed by atoms with Crippen molar-refractivity contribution in [3.05, 3.63) is 83.7 Å². The molecule has 178 valence electrons. The molecule has 0 bridgehead atoms. The molecule has 1 aromatic heterocycles. The molecule has 3 aromatic rings. The van der Waals surface area contributed by atoms with E-state index in [0.717, 1.165) is 11.1 Å². The number of benzene rings is 2. The quantitative estimate of drug-likeness (QED) is 0.460. The maximum atomic E-state index is 12.4. The first-order valence-corrected chi connectivity index (χ1v) is 11.6. The number of aliphatic carboxylic acids is 1. The van der Waals surface area contributed by atoms with Crippen molar-refractivity contribution in [2.45, 2.75) is 18.8 Å². The second-order valence-corrected chi connectivity index (χ2v) is 8.91. The third-order valence-electron chi connectivity index (χ3n) is 6.54. The van der Waals surface area contributed by atoms with E-state index in [1.807, 2.05) is 24.3 Å². The predicted octanol–water partition coefficient (Wildman–Crippen LogP) is 3.82. The Bertz CT molecular complexity index is 1230. The summed E-state index contributed by atoms with van der Waals surface area (Å²) in [6, 6.07) is 19.6. The van der Waals surface area contributed by atoms with Gasteiger partial charge in [-0.25, -0.2) is 4.79 Å². The van der Waals surface area contributed by atoms with Crippen LogP contribution >= 0.6 is 0 Å². The van der Waals surface area contributed by atoms with E-state index in [-0.39, 0.29) is 36.7 Å². The largest absolute Gasteiger partial charge is 0.481 e. The minimum absolute atomic E-state index is 0.00287. The van der Waals surface area contributed by atoms with Crippen LogP contribution in [-0.4, -0.2) is 41.2 Å². The molecular weight excluding hydrogens is 446 g/mol. The Hall–Kier alpha value is -4.20. The molecule has 0 saturated heterocycles. The smallest absolute Gasteiger partial charge is 0.407 e. The zero-order valence-corrected chi connectivity index (χ0v) is 18.9. The number of carboxylic acid groups (broad SMARTS) is 1. The topological polar surface area (TPSA) is 118 Å². The van der Waals surface area contributed by atoms with E-state index in [0.29, 0.717) is 24.3 Å². The molecule has 2 aliphatic rings. The van der Waals surface area contributed by atoms with Gasteiger partial charge in [-0.15, -0.1) is 0 Å². The van der Waals surface area contributed by atoms with Gasteiger partial charge in [0.2, 0.25) is 5.91 Å². The molecule has 1 fully saturated rings. The highest BCUT2D eigenvalue weighted by Crippen LogP contribution is 2.44. The lowest BCUT2D eigenvalue weighted by atomic mass is 9.98. The minimum Gasteiger partial charge on any atom is -0.481 e. The average Bonchev–Trinajstić information content (AvgIpc) is 3.57. The summed E-state index contributed by atoms with van der Waals surface area (Å²) < 4.78 is 5.55. The maximum Gasteiger partial charge on any atom is 0.407 e. The number of carbonyl (C=O) groups excluding carboxylic acids is 2. The molecule has 1 saturated carbocycles. The highest BCUT2D eigenvalue weighted by Gasteiger charge is 2.43. The third-order valence-corrected chi connectivity index (χ3v) is 6.54. The molecule has 2 amide bonds. The molecule has 0 spiro atoms. The summed E-state index contributed by atoms with van der Waals surface area (Å²) >= 11 is 0. The van der Waals surface area contributed by atoms with Gasteiger partial charge in [0, 0.05) is 18.4 Å². The SMILES string of the molecule is O=C(O)Cc1ccc(NC(=O)C2CC2CNC(=O)OCC2c3ccccc3-c3ccccc32)cn1. The first kappa shape index (κ1) is 22.6. The number of hydrogen-bond acceptors (Lipinski definition) is 5. The second-order valence-electron chi connectivity index (χ2n) is 8.91. The number of rotatable bonds is 8. The number of ether oxygens (including phenoxy) is 1. The van der Waals surface area contributed by atoms with Crippen molar-refractivity contribution in [3.8, 4) is 11.1 Å². The van der Waals surface area contributed by atoms with Crippen LogP contribution in [0.2, 0.25) is 0 Å². The Morgan fingerprint density at radius 2 is 1.66 bits per heavy atom. The number of pyridine rings is 1. The fourth-order valence-electron chi connectivity index (χ4n) is 4.65. The van der Waals surface area contributed by atoms with Crippen LogP contribution in [0.25, 0.3) is 11.1 Å². The zero-order valence-electron chi connectivity index (χ0n) is 18.9. The number of fused-ring (bicyclic) bond motifs is 3. The van der Waals surface area contributed by atoms with Crippen LogP contribution in [0.3, 0.4) is 0 Å². The fourth-order valence-corrected chi connectivity index (χ4v) is 4.65. The molecule has 8 nitrogen and oxygen atoms in total. The van der Waals surface area contributed by atoms with E-state index in [9.17, 15) is 14.4 Å². The number of carbonyl (C=O) groups is 3. The Morgan fingerprint density at radius 1 is 0.971 bits per heavy atom. The van der Waals surface area contributed by atoms with Crippen molar-refractivity contribution in [2.75, 3.05) is 18.5 Å². The van der Waals surface area contributed by atoms with Crippen molar-refractivity contribution < 1.29 is 24.2 Å². The van der Waals surface area contributed by atoms with Crippen molar-refractivity contribution in [1.82, 2.24) is 10.3 Å². The van der Waals surface area contributed by atoms with E-state index in [2.05, 4.69) is 39.9 Å². The predicted molar refractivity (Wildman–Crippen MR) is 129 cm³/mol. The van der Waals surface area contributed by atoms with Gasteiger partial charge in [-0.3, -0.25) is 14.6 Å². The summed E-state index contributed by atoms with van der Waals surface area (Å²) in [7, 11) is 0. The number of alkyl carbamates (subject to hydrolysis) is 1. The number of nitrogens with zero attached hydrogens (tertiary/aromatic N) is 1. The Labute approximate surface area is 202 Å². The molecule has 2 unspecified atom stereocenters. The van der Waals surface area contributed by atoms with Crippen LogP contribution in [0.1, 0.15) is 29.2 Å². The van der Waals surface area contributed by atoms with Crippen LogP contribution in [-0.2, 0) is 20.7 Å². The molecule has 5 rings (SSSR count). The van der Waals surface area contributed by atoms with Crippen LogP contribution in [0.5, 0.6) is 0 Å². The van der Waals surface area contributed by atoms with Gasteiger partial charge in [0.15, 0.2) is 0 Å². The standard InChI is InChI=1S/C27H25N3O5/c31-25(32)12-17-9-10-18(14-28-17)30-26(33)23-11-16(23)13-29-27(34)35-15-24-21-7-3-1-5-19(21)20-6-2-4-8-22(20)24/h1-10,14,16,23-24H,11-13,15H2,(H,29,34)(H,30,33)(H,31,32). The van der Waals surface area contributed by atoms with Gasteiger partial charge in [-0.05, 0) is 46.7 Å². The molecule has 2 aliphatic carbocycles. The van der Waals surface area contributed by atoms with Gasteiger partial charge in [0.1, 0.15) is 6.61 Å². The number of anilines is 1.